The van der Waals surface area contributed by atoms with E-state index in [2.05, 4.69) is 5.32 Å². The van der Waals surface area contributed by atoms with Crippen molar-refractivity contribution in [2.24, 2.45) is 0 Å². The van der Waals surface area contributed by atoms with Crippen molar-refractivity contribution in [1.82, 2.24) is 5.32 Å². The molecule has 0 saturated carbocycles. The van der Waals surface area contributed by atoms with E-state index in [1.807, 2.05) is 26.0 Å². The third kappa shape index (κ3) is 5.69. The second kappa shape index (κ2) is 8.09. The highest BCUT2D eigenvalue weighted by Gasteiger charge is 2.04. The van der Waals surface area contributed by atoms with Crippen molar-refractivity contribution in [3.8, 4) is 5.75 Å². The SMILES string of the molecule is COc1cc(C)c(/C=C/C(=O)NCCCC(=O)O)c(C)c1. The quantitative estimate of drug-likeness (QED) is 0.597. The van der Waals surface area contributed by atoms with Crippen molar-refractivity contribution in [1.29, 1.82) is 0 Å². The maximum atomic E-state index is 11.6. The van der Waals surface area contributed by atoms with Crippen molar-refractivity contribution >= 4 is 18.0 Å². The van der Waals surface area contributed by atoms with Gasteiger partial charge in [-0.1, -0.05) is 0 Å². The molecule has 114 valence electrons. The third-order valence-corrected chi connectivity index (χ3v) is 3.07. The lowest BCUT2D eigenvalue weighted by atomic mass is 10.0. The summed E-state index contributed by atoms with van der Waals surface area (Å²) in [7, 11) is 1.62. The molecule has 21 heavy (non-hydrogen) atoms. The zero-order valence-electron chi connectivity index (χ0n) is 12.6. The van der Waals surface area contributed by atoms with Gasteiger partial charge in [0.15, 0.2) is 0 Å². The number of ether oxygens (including phenoxy) is 1. The first-order chi connectivity index (χ1) is 9.93. The fraction of sp³-hybridized carbons (Fsp3) is 0.375. The summed E-state index contributed by atoms with van der Waals surface area (Å²) in [5.74, 6) is -0.292. The van der Waals surface area contributed by atoms with E-state index in [4.69, 9.17) is 9.84 Å². The molecule has 0 fully saturated rings. The van der Waals surface area contributed by atoms with Crippen LogP contribution in [0.3, 0.4) is 0 Å². The average Bonchev–Trinajstić information content (AvgIpc) is 2.42. The minimum absolute atomic E-state index is 0.0562. The lowest BCUT2D eigenvalue weighted by Crippen LogP contribution is -2.22. The number of aryl methyl sites for hydroxylation is 2. The van der Waals surface area contributed by atoms with E-state index in [1.54, 1.807) is 13.2 Å². The summed E-state index contributed by atoms with van der Waals surface area (Å²) < 4.78 is 5.19. The van der Waals surface area contributed by atoms with Gasteiger partial charge in [-0.15, -0.1) is 0 Å². The number of aliphatic carboxylic acids is 1. The van der Waals surface area contributed by atoms with Gasteiger partial charge in [0.05, 0.1) is 7.11 Å². The molecule has 5 nitrogen and oxygen atoms in total. The van der Waals surface area contributed by atoms with Crippen LogP contribution in [0, 0.1) is 13.8 Å². The number of carbonyl (C=O) groups excluding carboxylic acids is 1. The van der Waals surface area contributed by atoms with Crippen LogP contribution in [-0.2, 0) is 9.59 Å². The minimum atomic E-state index is -0.857. The van der Waals surface area contributed by atoms with Crippen molar-refractivity contribution < 1.29 is 19.4 Å². The monoisotopic (exact) mass is 291 g/mol. The molecule has 0 aliphatic heterocycles. The first-order valence-electron chi connectivity index (χ1n) is 6.77. The van der Waals surface area contributed by atoms with Crippen LogP contribution >= 0.6 is 0 Å². The van der Waals surface area contributed by atoms with E-state index in [0.717, 1.165) is 22.4 Å². The van der Waals surface area contributed by atoms with Gasteiger partial charge >= 0.3 is 5.97 Å². The first kappa shape index (κ1) is 16.8. The number of carbonyl (C=O) groups is 2. The third-order valence-electron chi connectivity index (χ3n) is 3.07. The number of carboxylic acids is 1. The second-order valence-electron chi connectivity index (χ2n) is 4.80. The highest BCUT2D eigenvalue weighted by molar-refractivity contribution is 5.92. The largest absolute Gasteiger partial charge is 0.497 e. The van der Waals surface area contributed by atoms with Gasteiger partial charge in [0.25, 0.3) is 0 Å². The Kier molecular flexibility index (Phi) is 6.46. The molecule has 0 saturated heterocycles. The maximum absolute atomic E-state index is 11.6. The summed E-state index contributed by atoms with van der Waals surface area (Å²) >= 11 is 0. The smallest absolute Gasteiger partial charge is 0.303 e. The number of methoxy groups -OCH3 is 1. The molecule has 0 atom stereocenters. The number of hydrogen-bond donors (Lipinski definition) is 2. The molecule has 0 bridgehead atoms. The highest BCUT2D eigenvalue weighted by atomic mass is 16.5. The second-order valence-corrected chi connectivity index (χ2v) is 4.80. The Bertz CT molecular complexity index is 526. The number of nitrogens with one attached hydrogen (secondary N) is 1. The van der Waals surface area contributed by atoms with Crippen LogP contribution in [0.1, 0.15) is 29.5 Å². The molecule has 0 radical (unpaired) electrons. The zero-order valence-corrected chi connectivity index (χ0v) is 12.6. The summed E-state index contributed by atoms with van der Waals surface area (Å²) in [6.07, 6.45) is 3.70. The number of hydrogen-bond acceptors (Lipinski definition) is 3. The predicted molar refractivity (Wildman–Crippen MR) is 81.4 cm³/mol. The van der Waals surface area contributed by atoms with E-state index in [-0.39, 0.29) is 12.3 Å². The maximum Gasteiger partial charge on any atom is 0.303 e. The number of benzene rings is 1. The number of amides is 1. The van der Waals surface area contributed by atoms with Gasteiger partial charge in [0.1, 0.15) is 5.75 Å². The van der Waals surface area contributed by atoms with Crippen molar-refractivity contribution in [3.05, 3.63) is 34.9 Å². The number of rotatable bonds is 7. The first-order valence-corrected chi connectivity index (χ1v) is 6.77. The molecule has 2 N–H and O–H groups in total. The lowest BCUT2D eigenvalue weighted by molar-refractivity contribution is -0.137. The molecular formula is C16H21NO4. The molecule has 1 aromatic rings. The lowest BCUT2D eigenvalue weighted by Gasteiger charge is -2.08. The molecule has 0 aliphatic rings. The van der Waals surface area contributed by atoms with Crippen LogP contribution < -0.4 is 10.1 Å². The van der Waals surface area contributed by atoms with Gasteiger partial charge in [-0.25, -0.2) is 0 Å². The summed E-state index contributed by atoms with van der Waals surface area (Å²) in [5.41, 5.74) is 3.04. The van der Waals surface area contributed by atoms with Crippen LogP contribution in [0.4, 0.5) is 0 Å². The van der Waals surface area contributed by atoms with Gasteiger partial charge in [-0.05, 0) is 55.2 Å². The predicted octanol–water partition coefficient (Wildman–Crippen LogP) is 2.31. The number of carboxylic acid groups (broad SMARTS) is 1. The zero-order chi connectivity index (χ0) is 15.8. The Morgan fingerprint density at radius 3 is 2.43 bits per heavy atom. The standard InChI is InChI=1S/C16H21NO4/c1-11-9-13(21-3)10-12(2)14(11)6-7-15(18)17-8-4-5-16(19)20/h6-7,9-10H,4-5,8H2,1-3H3,(H,17,18)(H,19,20)/b7-6+. The van der Waals surface area contributed by atoms with Gasteiger partial charge in [-0.2, -0.15) is 0 Å². The van der Waals surface area contributed by atoms with Gasteiger partial charge in [0, 0.05) is 19.0 Å². The van der Waals surface area contributed by atoms with Crippen LogP contribution in [0.15, 0.2) is 18.2 Å². The summed E-state index contributed by atoms with van der Waals surface area (Å²) in [5, 5.41) is 11.2. The minimum Gasteiger partial charge on any atom is -0.497 e. The van der Waals surface area contributed by atoms with Gasteiger partial charge in [-0.3, -0.25) is 9.59 Å². The van der Waals surface area contributed by atoms with E-state index in [1.165, 1.54) is 6.08 Å². The van der Waals surface area contributed by atoms with E-state index in [9.17, 15) is 9.59 Å². The topological polar surface area (TPSA) is 75.6 Å². The van der Waals surface area contributed by atoms with Crippen molar-refractivity contribution in [2.45, 2.75) is 26.7 Å². The summed E-state index contributed by atoms with van der Waals surface area (Å²) in [6, 6.07) is 3.83. The molecule has 1 aromatic carbocycles. The Morgan fingerprint density at radius 2 is 1.90 bits per heavy atom. The summed E-state index contributed by atoms with van der Waals surface area (Å²) in [6.45, 7) is 4.27. The van der Waals surface area contributed by atoms with E-state index >= 15 is 0 Å². The Morgan fingerprint density at radius 1 is 1.29 bits per heavy atom. The van der Waals surface area contributed by atoms with Gasteiger partial charge < -0.3 is 15.2 Å². The molecule has 5 heteroatoms. The Labute approximate surface area is 124 Å². The van der Waals surface area contributed by atoms with Crippen LogP contribution in [-0.4, -0.2) is 30.6 Å². The molecule has 0 spiro atoms. The van der Waals surface area contributed by atoms with Crippen LogP contribution in [0.2, 0.25) is 0 Å². The van der Waals surface area contributed by atoms with Crippen molar-refractivity contribution in [2.75, 3.05) is 13.7 Å². The molecular weight excluding hydrogens is 270 g/mol. The van der Waals surface area contributed by atoms with E-state index in [0.29, 0.717) is 13.0 Å². The van der Waals surface area contributed by atoms with Crippen LogP contribution in [0.5, 0.6) is 5.75 Å². The highest BCUT2D eigenvalue weighted by Crippen LogP contribution is 2.22. The fourth-order valence-electron chi connectivity index (χ4n) is 1.98. The molecule has 0 heterocycles. The molecule has 1 amide bonds. The normalized spacial score (nSPS) is 10.6. The van der Waals surface area contributed by atoms with Crippen molar-refractivity contribution in [3.63, 3.8) is 0 Å². The fourth-order valence-corrected chi connectivity index (χ4v) is 1.98. The Balaban J connectivity index is 2.60. The summed E-state index contributed by atoms with van der Waals surface area (Å²) in [4.78, 5) is 22.0. The average molecular weight is 291 g/mol. The molecule has 1 rings (SSSR count). The molecule has 0 aliphatic carbocycles. The van der Waals surface area contributed by atoms with E-state index < -0.39 is 5.97 Å². The molecule has 0 unspecified atom stereocenters. The Hall–Kier alpha value is -2.30. The van der Waals surface area contributed by atoms with Gasteiger partial charge in [0.2, 0.25) is 5.91 Å². The molecule has 0 aromatic heterocycles. The van der Waals surface area contributed by atoms with Crippen LogP contribution in [0.25, 0.3) is 6.08 Å².